The van der Waals surface area contributed by atoms with E-state index in [0.29, 0.717) is 22.6 Å². The first-order valence-electron chi connectivity index (χ1n) is 9.18. The molecule has 0 saturated carbocycles. The number of nitrogens with zero attached hydrogens (tertiary/aromatic N) is 2. The average Bonchev–Trinajstić information content (AvgIpc) is 2.97. The molecular formula is C20H20N4O6. The van der Waals surface area contributed by atoms with Crippen molar-refractivity contribution in [3.05, 3.63) is 69.8 Å². The average molecular weight is 412 g/mol. The summed E-state index contributed by atoms with van der Waals surface area (Å²) < 4.78 is 5.32. The molecule has 0 aliphatic carbocycles. The van der Waals surface area contributed by atoms with Crippen LogP contribution in [0, 0.1) is 17.0 Å². The number of nitro groups is 1. The first-order valence-corrected chi connectivity index (χ1v) is 9.18. The summed E-state index contributed by atoms with van der Waals surface area (Å²) in [6, 6.07) is 12.1. The molecular weight excluding hydrogens is 392 g/mol. The standard InChI is InChI=1S/C20H20N4O6/c1-3-20(14-7-5-4-6-8-14)18(26)23(19(27)21-20)22-17(25)12-30-15-9-10-16(24(28)29)13(2)11-15/h4-11H,3,12H2,1-2H3,(H,21,27)(H,22,25)/t20-/m0/s1. The smallest absolute Gasteiger partial charge is 0.344 e. The van der Waals surface area contributed by atoms with Gasteiger partial charge in [-0.15, -0.1) is 0 Å². The third kappa shape index (κ3) is 3.79. The maximum absolute atomic E-state index is 12.9. The fourth-order valence-corrected chi connectivity index (χ4v) is 3.27. The van der Waals surface area contributed by atoms with E-state index in [1.807, 2.05) is 0 Å². The lowest BCUT2D eigenvalue weighted by atomic mass is 9.87. The topological polar surface area (TPSA) is 131 Å². The molecule has 1 heterocycles. The van der Waals surface area contributed by atoms with E-state index in [9.17, 15) is 24.5 Å². The number of carbonyl (C=O) groups excluding carboxylic acids is 3. The minimum Gasteiger partial charge on any atom is -0.484 e. The highest BCUT2D eigenvalue weighted by molar-refractivity contribution is 6.08. The second-order valence-electron chi connectivity index (χ2n) is 6.72. The highest BCUT2D eigenvalue weighted by atomic mass is 16.6. The number of urea groups is 1. The van der Waals surface area contributed by atoms with E-state index in [0.717, 1.165) is 0 Å². The number of amides is 4. The van der Waals surface area contributed by atoms with E-state index in [-0.39, 0.29) is 11.4 Å². The summed E-state index contributed by atoms with van der Waals surface area (Å²) >= 11 is 0. The molecule has 0 unspecified atom stereocenters. The van der Waals surface area contributed by atoms with Gasteiger partial charge in [-0.1, -0.05) is 37.3 Å². The third-order valence-corrected chi connectivity index (χ3v) is 4.86. The molecule has 0 aromatic heterocycles. The predicted molar refractivity (Wildman–Crippen MR) is 105 cm³/mol. The molecule has 10 nitrogen and oxygen atoms in total. The monoisotopic (exact) mass is 412 g/mol. The van der Waals surface area contributed by atoms with Gasteiger partial charge in [0.2, 0.25) is 0 Å². The number of carbonyl (C=O) groups is 3. The van der Waals surface area contributed by atoms with Gasteiger partial charge >= 0.3 is 6.03 Å². The van der Waals surface area contributed by atoms with E-state index in [1.54, 1.807) is 44.2 Å². The lowest BCUT2D eigenvalue weighted by Gasteiger charge is -2.25. The quantitative estimate of drug-likeness (QED) is 0.407. The van der Waals surface area contributed by atoms with Gasteiger partial charge < -0.3 is 10.1 Å². The van der Waals surface area contributed by atoms with Crippen LogP contribution in [0.2, 0.25) is 0 Å². The van der Waals surface area contributed by atoms with Crippen LogP contribution in [0.4, 0.5) is 10.5 Å². The summed E-state index contributed by atoms with van der Waals surface area (Å²) in [7, 11) is 0. The van der Waals surface area contributed by atoms with Crippen molar-refractivity contribution >= 4 is 23.5 Å². The van der Waals surface area contributed by atoms with Gasteiger partial charge in [-0.2, -0.15) is 5.01 Å². The zero-order chi connectivity index (χ0) is 21.9. The molecule has 0 radical (unpaired) electrons. The van der Waals surface area contributed by atoms with Gasteiger partial charge in [0, 0.05) is 11.6 Å². The van der Waals surface area contributed by atoms with Crippen molar-refractivity contribution in [3.8, 4) is 5.75 Å². The van der Waals surface area contributed by atoms with Crippen molar-refractivity contribution in [2.75, 3.05) is 6.61 Å². The van der Waals surface area contributed by atoms with Crippen LogP contribution in [-0.4, -0.2) is 34.4 Å². The summed E-state index contributed by atoms with van der Waals surface area (Å²) in [5.41, 5.74) is 1.91. The highest BCUT2D eigenvalue weighted by Crippen LogP contribution is 2.31. The fraction of sp³-hybridized carbons (Fsp3) is 0.250. The maximum Gasteiger partial charge on any atom is 0.344 e. The van der Waals surface area contributed by atoms with Crippen molar-refractivity contribution in [1.82, 2.24) is 15.8 Å². The summed E-state index contributed by atoms with van der Waals surface area (Å²) in [5, 5.41) is 14.2. The van der Waals surface area contributed by atoms with Crippen molar-refractivity contribution in [1.29, 1.82) is 0 Å². The number of rotatable bonds is 7. The first-order chi connectivity index (χ1) is 14.3. The number of aryl methyl sites for hydroxylation is 1. The lowest BCUT2D eigenvalue weighted by molar-refractivity contribution is -0.385. The van der Waals surface area contributed by atoms with Crippen LogP contribution in [0.3, 0.4) is 0 Å². The fourth-order valence-electron chi connectivity index (χ4n) is 3.27. The number of imide groups is 1. The van der Waals surface area contributed by atoms with Crippen molar-refractivity contribution in [2.24, 2.45) is 0 Å². The number of hydrogen-bond acceptors (Lipinski definition) is 6. The van der Waals surface area contributed by atoms with E-state index in [2.05, 4.69) is 10.7 Å². The van der Waals surface area contributed by atoms with Gasteiger partial charge in [0.05, 0.1) is 4.92 Å². The number of ether oxygens (including phenoxy) is 1. The minimum absolute atomic E-state index is 0.0667. The molecule has 1 fully saturated rings. The largest absolute Gasteiger partial charge is 0.484 e. The molecule has 1 aliphatic rings. The van der Waals surface area contributed by atoms with E-state index in [1.165, 1.54) is 18.2 Å². The highest BCUT2D eigenvalue weighted by Gasteiger charge is 2.52. The molecule has 2 aromatic carbocycles. The Morgan fingerprint density at radius 2 is 1.93 bits per heavy atom. The van der Waals surface area contributed by atoms with Gasteiger partial charge in [0.15, 0.2) is 6.61 Å². The molecule has 30 heavy (non-hydrogen) atoms. The molecule has 156 valence electrons. The zero-order valence-corrected chi connectivity index (χ0v) is 16.4. The maximum atomic E-state index is 12.9. The number of benzene rings is 2. The number of hydrazine groups is 1. The van der Waals surface area contributed by atoms with Crippen LogP contribution >= 0.6 is 0 Å². The Kier molecular flexibility index (Phi) is 5.67. The van der Waals surface area contributed by atoms with Crippen LogP contribution in [0.25, 0.3) is 0 Å². The van der Waals surface area contributed by atoms with Crippen LogP contribution < -0.4 is 15.5 Å². The Balaban J connectivity index is 1.67. The van der Waals surface area contributed by atoms with E-state index >= 15 is 0 Å². The van der Waals surface area contributed by atoms with Gasteiger partial charge in [-0.25, -0.2) is 4.79 Å². The second kappa shape index (κ2) is 8.19. The first kappa shape index (κ1) is 20.8. The Morgan fingerprint density at radius 1 is 1.23 bits per heavy atom. The minimum atomic E-state index is -1.26. The summed E-state index contributed by atoms with van der Waals surface area (Å²) in [6.07, 6.45) is 0.298. The van der Waals surface area contributed by atoms with Crippen molar-refractivity contribution in [3.63, 3.8) is 0 Å². The molecule has 0 spiro atoms. The van der Waals surface area contributed by atoms with Gasteiger partial charge in [0.1, 0.15) is 11.3 Å². The molecule has 2 aromatic rings. The van der Waals surface area contributed by atoms with Crippen LogP contribution in [0.15, 0.2) is 48.5 Å². The Hall–Kier alpha value is -3.95. The van der Waals surface area contributed by atoms with Crippen molar-refractivity contribution < 1.29 is 24.0 Å². The Labute approximate surface area is 171 Å². The third-order valence-electron chi connectivity index (χ3n) is 4.86. The molecule has 0 bridgehead atoms. The summed E-state index contributed by atoms with van der Waals surface area (Å²) in [4.78, 5) is 47.9. The number of nitro benzene ring substituents is 1. The molecule has 3 rings (SSSR count). The van der Waals surface area contributed by atoms with Crippen LogP contribution in [-0.2, 0) is 15.1 Å². The summed E-state index contributed by atoms with van der Waals surface area (Å²) in [6.45, 7) is 2.82. The van der Waals surface area contributed by atoms with E-state index in [4.69, 9.17) is 4.74 Å². The van der Waals surface area contributed by atoms with Gasteiger partial charge in [0.25, 0.3) is 17.5 Å². The van der Waals surface area contributed by atoms with Crippen molar-refractivity contribution in [2.45, 2.75) is 25.8 Å². The van der Waals surface area contributed by atoms with E-state index < -0.39 is 34.9 Å². The molecule has 1 saturated heterocycles. The van der Waals surface area contributed by atoms with Gasteiger partial charge in [-0.3, -0.25) is 25.1 Å². The number of nitrogens with one attached hydrogen (secondary N) is 2. The normalized spacial score (nSPS) is 18.1. The lowest BCUT2D eigenvalue weighted by Crippen LogP contribution is -2.49. The predicted octanol–water partition coefficient (Wildman–Crippen LogP) is 2.17. The molecule has 10 heteroatoms. The SMILES string of the molecule is CC[C@@]1(c2ccccc2)NC(=O)N(NC(=O)COc2ccc([N+](=O)[O-])c(C)c2)C1=O. The van der Waals surface area contributed by atoms with Crippen LogP contribution in [0.1, 0.15) is 24.5 Å². The molecule has 1 atom stereocenters. The molecule has 1 aliphatic heterocycles. The second-order valence-corrected chi connectivity index (χ2v) is 6.72. The zero-order valence-electron chi connectivity index (χ0n) is 16.4. The number of hydrogen-bond donors (Lipinski definition) is 2. The Bertz CT molecular complexity index is 1010. The van der Waals surface area contributed by atoms with Gasteiger partial charge in [-0.05, 0) is 31.0 Å². The molecule has 4 amide bonds. The summed E-state index contributed by atoms with van der Waals surface area (Å²) in [5.74, 6) is -1.08. The van der Waals surface area contributed by atoms with Crippen LogP contribution in [0.5, 0.6) is 5.75 Å². The molecule has 2 N–H and O–H groups in total. The Morgan fingerprint density at radius 3 is 2.53 bits per heavy atom.